The Morgan fingerprint density at radius 3 is 2.00 bits per heavy atom. The first-order valence-electron chi connectivity index (χ1n) is 9.85. The SMILES string of the molecule is [Ir].[c-]1ccccc1-c1cc2c3c(cccc3n1)C=C2.[c-]1ccccc1-c1ccccn1. The molecule has 2 aromatic heterocycles. The maximum atomic E-state index is 4.74. The topological polar surface area (TPSA) is 25.8 Å². The molecule has 0 saturated heterocycles. The summed E-state index contributed by atoms with van der Waals surface area (Å²) in [6.07, 6.45) is 6.10. The second-order valence-electron chi connectivity index (χ2n) is 6.94. The van der Waals surface area contributed by atoms with Crippen molar-refractivity contribution in [3.8, 4) is 22.5 Å². The van der Waals surface area contributed by atoms with E-state index in [1.54, 1.807) is 6.20 Å². The third-order valence-electron chi connectivity index (χ3n) is 4.97. The van der Waals surface area contributed by atoms with Gasteiger partial charge in [-0.3, -0.25) is 4.98 Å². The van der Waals surface area contributed by atoms with Crippen LogP contribution in [0.2, 0.25) is 0 Å². The van der Waals surface area contributed by atoms with Crippen LogP contribution >= 0.6 is 0 Å². The quantitative estimate of drug-likeness (QED) is 0.214. The first kappa shape index (κ1) is 20.9. The third-order valence-corrected chi connectivity index (χ3v) is 4.97. The Morgan fingerprint density at radius 2 is 1.32 bits per heavy atom. The van der Waals surface area contributed by atoms with Crippen molar-refractivity contribution in [3.05, 3.63) is 120 Å². The molecule has 0 unspecified atom stereocenters. The van der Waals surface area contributed by atoms with Crippen LogP contribution in [0.3, 0.4) is 0 Å². The van der Waals surface area contributed by atoms with E-state index in [1.165, 1.54) is 16.5 Å². The van der Waals surface area contributed by atoms with Crippen molar-refractivity contribution in [1.29, 1.82) is 0 Å². The van der Waals surface area contributed by atoms with E-state index < -0.39 is 0 Å². The first-order valence-corrected chi connectivity index (χ1v) is 9.85. The minimum absolute atomic E-state index is 0. The number of hydrogen-bond acceptors (Lipinski definition) is 2. The van der Waals surface area contributed by atoms with Crippen molar-refractivity contribution in [3.63, 3.8) is 0 Å². The Kier molecular flexibility index (Phi) is 6.47. The van der Waals surface area contributed by atoms with E-state index in [1.807, 2.05) is 66.7 Å². The zero-order valence-corrected chi connectivity index (χ0v) is 19.0. The Bertz CT molecular complexity index is 1280. The summed E-state index contributed by atoms with van der Waals surface area (Å²) < 4.78 is 0. The van der Waals surface area contributed by atoms with Gasteiger partial charge in [0.1, 0.15) is 0 Å². The predicted molar refractivity (Wildman–Crippen MR) is 123 cm³/mol. The summed E-state index contributed by atoms with van der Waals surface area (Å²) in [5, 5.41) is 1.26. The molecule has 0 aliphatic heterocycles. The molecule has 6 rings (SSSR count). The van der Waals surface area contributed by atoms with Crippen LogP contribution in [0.1, 0.15) is 11.1 Å². The second kappa shape index (κ2) is 9.61. The fraction of sp³-hybridized carbons (Fsp3) is 0. The fourth-order valence-electron chi connectivity index (χ4n) is 3.56. The number of benzene rings is 3. The van der Waals surface area contributed by atoms with E-state index in [4.69, 9.17) is 4.98 Å². The zero-order valence-electron chi connectivity index (χ0n) is 16.6. The summed E-state index contributed by atoms with van der Waals surface area (Å²) >= 11 is 0. The summed E-state index contributed by atoms with van der Waals surface area (Å²) in [6, 6.07) is 36.4. The molecule has 151 valence electrons. The molecule has 0 amide bonds. The average Bonchev–Trinajstić information content (AvgIpc) is 3.26. The van der Waals surface area contributed by atoms with Gasteiger partial charge in [-0.2, -0.15) is 0 Å². The molecule has 3 aromatic carbocycles. The minimum Gasteiger partial charge on any atom is -0.305 e. The van der Waals surface area contributed by atoms with Crippen LogP contribution in [0.5, 0.6) is 0 Å². The number of aromatic nitrogens is 2. The van der Waals surface area contributed by atoms with Gasteiger partial charge in [0.05, 0.1) is 5.52 Å². The number of nitrogens with zero attached hydrogens (tertiary/aromatic N) is 2. The molecule has 0 spiro atoms. The molecule has 0 atom stereocenters. The minimum atomic E-state index is 0. The molecule has 1 aliphatic rings. The molecular weight excluding hydrogens is 557 g/mol. The van der Waals surface area contributed by atoms with Gasteiger partial charge < -0.3 is 4.98 Å². The van der Waals surface area contributed by atoms with Crippen molar-refractivity contribution >= 4 is 23.1 Å². The molecule has 0 fully saturated rings. The van der Waals surface area contributed by atoms with Crippen LogP contribution < -0.4 is 0 Å². The Hall–Kier alpha value is -3.39. The summed E-state index contributed by atoms with van der Waals surface area (Å²) in [4.78, 5) is 8.95. The Labute approximate surface area is 195 Å². The van der Waals surface area contributed by atoms with E-state index in [-0.39, 0.29) is 20.1 Å². The van der Waals surface area contributed by atoms with Crippen molar-refractivity contribution < 1.29 is 20.1 Å². The van der Waals surface area contributed by atoms with Gasteiger partial charge in [0, 0.05) is 31.7 Å². The Balaban J connectivity index is 0.000000156. The fourth-order valence-corrected chi connectivity index (χ4v) is 3.56. The predicted octanol–water partition coefficient (Wildman–Crippen LogP) is 6.73. The molecule has 0 N–H and O–H groups in total. The number of hydrogen-bond donors (Lipinski definition) is 0. The summed E-state index contributed by atoms with van der Waals surface area (Å²) in [6.45, 7) is 0. The molecular formula is C28H18IrN2-2. The second-order valence-corrected chi connectivity index (χ2v) is 6.94. The van der Waals surface area contributed by atoms with E-state index in [0.29, 0.717) is 0 Å². The van der Waals surface area contributed by atoms with Gasteiger partial charge in [-0.05, 0) is 34.6 Å². The zero-order chi connectivity index (χ0) is 20.2. The molecule has 3 heteroatoms. The van der Waals surface area contributed by atoms with Gasteiger partial charge >= 0.3 is 0 Å². The Morgan fingerprint density at radius 1 is 0.613 bits per heavy atom. The van der Waals surface area contributed by atoms with Gasteiger partial charge in [-0.15, -0.1) is 71.8 Å². The van der Waals surface area contributed by atoms with Crippen LogP contribution in [0, 0.1) is 12.1 Å². The molecule has 2 heterocycles. The largest absolute Gasteiger partial charge is 0.305 e. The van der Waals surface area contributed by atoms with E-state index >= 15 is 0 Å². The molecule has 0 saturated carbocycles. The number of pyridine rings is 2. The van der Waals surface area contributed by atoms with Gasteiger partial charge in [0.15, 0.2) is 0 Å². The van der Waals surface area contributed by atoms with Crippen molar-refractivity contribution in [2.75, 3.05) is 0 Å². The van der Waals surface area contributed by atoms with Crippen LogP contribution in [0.4, 0.5) is 0 Å². The molecule has 1 aliphatic carbocycles. The normalized spacial score (nSPS) is 10.8. The van der Waals surface area contributed by atoms with Crippen molar-refractivity contribution in [2.24, 2.45) is 0 Å². The smallest absolute Gasteiger partial charge is 0.0607 e. The molecule has 1 radical (unpaired) electrons. The van der Waals surface area contributed by atoms with Gasteiger partial charge in [0.25, 0.3) is 0 Å². The molecule has 5 aromatic rings. The summed E-state index contributed by atoms with van der Waals surface area (Å²) in [7, 11) is 0. The van der Waals surface area contributed by atoms with Gasteiger partial charge in [0.2, 0.25) is 0 Å². The van der Waals surface area contributed by atoms with Crippen LogP contribution in [-0.4, -0.2) is 9.97 Å². The first-order chi connectivity index (χ1) is 14.9. The van der Waals surface area contributed by atoms with Crippen molar-refractivity contribution in [1.82, 2.24) is 9.97 Å². The molecule has 31 heavy (non-hydrogen) atoms. The van der Waals surface area contributed by atoms with E-state index in [0.717, 1.165) is 28.0 Å². The van der Waals surface area contributed by atoms with Crippen LogP contribution in [0.15, 0.2) is 97.2 Å². The maximum Gasteiger partial charge on any atom is 0.0607 e. The average molecular weight is 575 g/mol. The maximum absolute atomic E-state index is 4.74. The molecule has 2 nitrogen and oxygen atoms in total. The van der Waals surface area contributed by atoms with E-state index in [2.05, 4.69) is 53.5 Å². The van der Waals surface area contributed by atoms with Crippen molar-refractivity contribution in [2.45, 2.75) is 0 Å². The van der Waals surface area contributed by atoms with Crippen LogP contribution in [-0.2, 0) is 20.1 Å². The van der Waals surface area contributed by atoms with Gasteiger partial charge in [-0.1, -0.05) is 42.5 Å². The summed E-state index contributed by atoms with van der Waals surface area (Å²) in [5.74, 6) is 0. The monoisotopic (exact) mass is 575 g/mol. The standard InChI is InChI=1S/C17H10N.C11H8N.Ir/c1-2-5-12(6-3-1)16-11-14-10-9-13-7-4-8-15(18-16)17(13)14;1-2-6-10(7-3-1)11-8-4-5-9-12-11;/h1-5,7-11H;1-6,8-9H;/q2*-1;. The molecule has 0 bridgehead atoms. The van der Waals surface area contributed by atoms with E-state index in [9.17, 15) is 0 Å². The van der Waals surface area contributed by atoms with Gasteiger partial charge in [-0.25, -0.2) is 0 Å². The number of rotatable bonds is 2. The third kappa shape index (κ3) is 4.54. The summed E-state index contributed by atoms with van der Waals surface area (Å²) in [5.41, 5.74) is 7.61. The van der Waals surface area contributed by atoms with Crippen LogP contribution in [0.25, 0.3) is 45.6 Å².